The van der Waals surface area contributed by atoms with E-state index < -0.39 is 0 Å². The fraction of sp³-hybridized carbons (Fsp3) is 0.190. The number of carbonyl (C=O) groups is 1. The third-order valence-electron chi connectivity index (χ3n) is 4.04. The molecule has 1 atom stereocenters. The van der Waals surface area contributed by atoms with E-state index >= 15 is 0 Å². The topological polar surface area (TPSA) is 72.3 Å². The fourth-order valence-electron chi connectivity index (χ4n) is 2.63. The van der Waals surface area contributed by atoms with Crippen LogP contribution in [-0.2, 0) is 11.2 Å². The number of amidine groups is 1. The summed E-state index contributed by atoms with van der Waals surface area (Å²) in [7, 11) is 1.57. The van der Waals surface area contributed by atoms with Gasteiger partial charge in [-0.15, -0.1) is 5.10 Å². The van der Waals surface area contributed by atoms with Crippen LogP contribution in [0.5, 0.6) is 11.5 Å². The smallest absolute Gasteiger partial charge is 0.239 e. The Kier molecular flexibility index (Phi) is 7.32. The van der Waals surface area contributed by atoms with Crippen LogP contribution in [-0.4, -0.2) is 36.3 Å². The van der Waals surface area contributed by atoms with Crippen molar-refractivity contribution in [2.24, 2.45) is 10.2 Å². The molecule has 1 heterocycles. The van der Waals surface area contributed by atoms with Crippen molar-refractivity contribution in [3.05, 3.63) is 71.3 Å². The number of thioether (sulfide) groups is 1. The van der Waals surface area contributed by atoms with Gasteiger partial charge in [-0.2, -0.15) is 5.10 Å². The first-order valence-corrected chi connectivity index (χ1v) is 10.1. The molecule has 3 rings (SSSR count). The lowest BCUT2D eigenvalue weighted by Crippen LogP contribution is -2.26. The average Bonchev–Trinajstić information content (AvgIpc) is 3.07. The van der Waals surface area contributed by atoms with Gasteiger partial charge in [-0.25, -0.2) is 0 Å². The summed E-state index contributed by atoms with van der Waals surface area (Å²) in [5, 5.41) is 11.8. The van der Waals surface area contributed by atoms with Crippen LogP contribution in [0.4, 0.5) is 0 Å². The standard InChI is InChI=1S/C21H20ClN3O3S/c1-3-10-28-17-9-8-14(11-18(17)27-2)13-23-25-21-24-20(26)19(29-21)12-15-6-4-5-7-16(15)22/h3-9,11,13,19H,1,10,12H2,2H3,(H,24,25,26)/b23-13+. The molecule has 1 unspecified atom stereocenters. The van der Waals surface area contributed by atoms with Gasteiger partial charge in [-0.3, -0.25) is 4.79 Å². The van der Waals surface area contributed by atoms with E-state index in [9.17, 15) is 4.79 Å². The van der Waals surface area contributed by atoms with Crippen LogP contribution in [0.15, 0.2) is 65.3 Å². The van der Waals surface area contributed by atoms with Gasteiger partial charge >= 0.3 is 0 Å². The Morgan fingerprint density at radius 2 is 2.10 bits per heavy atom. The Bertz CT molecular complexity index is 962. The molecular weight excluding hydrogens is 410 g/mol. The molecule has 0 bridgehead atoms. The zero-order chi connectivity index (χ0) is 20.6. The molecule has 6 nitrogen and oxygen atoms in total. The highest BCUT2D eigenvalue weighted by Crippen LogP contribution is 2.28. The Balaban J connectivity index is 1.64. The Morgan fingerprint density at radius 3 is 2.86 bits per heavy atom. The number of benzene rings is 2. The summed E-state index contributed by atoms with van der Waals surface area (Å²) >= 11 is 7.52. The zero-order valence-corrected chi connectivity index (χ0v) is 17.4. The maximum atomic E-state index is 12.2. The number of hydrogen-bond acceptors (Lipinski definition) is 6. The van der Waals surface area contributed by atoms with Gasteiger partial charge in [0.1, 0.15) is 6.61 Å². The lowest BCUT2D eigenvalue weighted by atomic mass is 10.1. The number of methoxy groups -OCH3 is 1. The summed E-state index contributed by atoms with van der Waals surface area (Å²) < 4.78 is 10.9. The van der Waals surface area contributed by atoms with Crippen LogP contribution in [0.2, 0.25) is 5.02 Å². The molecule has 29 heavy (non-hydrogen) atoms. The van der Waals surface area contributed by atoms with Crippen molar-refractivity contribution >= 4 is 40.7 Å². The Labute approximate surface area is 178 Å². The van der Waals surface area contributed by atoms with E-state index in [4.69, 9.17) is 21.1 Å². The molecule has 0 aromatic heterocycles. The first-order valence-electron chi connectivity index (χ1n) is 8.84. The van der Waals surface area contributed by atoms with Gasteiger partial charge in [-0.1, -0.05) is 54.2 Å². The molecule has 150 valence electrons. The minimum atomic E-state index is -0.287. The van der Waals surface area contributed by atoms with Crippen LogP contribution in [0.25, 0.3) is 0 Å². The largest absolute Gasteiger partial charge is 0.493 e. The SMILES string of the molecule is C=CCOc1ccc(/C=N/N=C2\NC(=O)C(Cc3ccccc3Cl)S2)cc1OC. The summed E-state index contributed by atoms with van der Waals surface area (Å²) in [6, 6.07) is 12.9. The number of halogens is 1. The molecule has 2 aromatic carbocycles. The predicted molar refractivity (Wildman–Crippen MR) is 118 cm³/mol. The number of nitrogens with one attached hydrogen (secondary N) is 1. The van der Waals surface area contributed by atoms with Gasteiger partial charge in [0.25, 0.3) is 0 Å². The highest BCUT2D eigenvalue weighted by Gasteiger charge is 2.30. The highest BCUT2D eigenvalue weighted by molar-refractivity contribution is 8.15. The fourth-order valence-corrected chi connectivity index (χ4v) is 3.80. The second-order valence-corrected chi connectivity index (χ2v) is 7.65. The van der Waals surface area contributed by atoms with Crippen molar-refractivity contribution in [1.29, 1.82) is 0 Å². The van der Waals surface area contributed by atoms with Gasteiger partial charge in [0.05, 0.1) is 18.6 Å². The Hall–Kier alpha value is -2.77. The van der Waals surface area contributed by atoms with Gasteiger partial charge in [0.15, 0.2) is 16.7 Å². The minimum absolute atomic E-state index is 0.103. The third-order valence-corrected chi connectivity index (χ3v) is 5.48. The van der Waals surface area contributed by atoms with Crippen LogP contribution in [0.3, 0.4) is 0 Å². The molecule has 1 aliphatic heterocycles. The first-order chi connectivity index (χ1) is 14.1. The number of amides is 1. The average molecular weight is 430 g/mol. The molecule has 8 heteroatoms. The molecule has 0 aliphatic carbocycles. The highest BCUT2D eigenvalue weighted by atomic mass is 35.5. The minimum Gasteiger partial charge on any atom is -0.493 e. The maximum Gasteiger partial charge on any atom is 0.239 e. The molecule has 1 aliphatic rings. The summed E-state index contributed by atoms with van der Waals surface area (Å²) in [5.74, 6) is 1.11. The predicted octanol–water partition coefficient (Wildman–Crippen LogP) is 4.08. The molecule has 0 saturated carbocycles. The summed E-state index contributed by atoms with van der Waals surface area (Å²) in [5.41, 5.74) is 1.72. The van der Waals surface area contributed by atoms with Crippen LogP contribution in [0.1, 0.15) is 11.1 Å². The summed E-state index contributed by atoms with van der Waals surface area (Å²) in [6.45, 7) is 4.02. The van der Waals surface area contributed by atoms with E-state index in [1.165, 1.54) is 11.8 Å². The van der Waals surface area contributed by atoms with Gasteiger partial charge < -0.3 is 14.8 Å². The lowest BCUT2D eigenvalue weighted by Gasteiger charge is -2.09. The molecule has 1 fully saturated rings. The second kappa shape index (κ2) is 10.1. The molecular formula is C21H20ClN3O3S. The number of hydrogen-bond donors (Lipinski definition) is 1. The van der Waals surface area contributed by atoms with E-state index in [0.717, 1.165) is 11.1 Å². The quantitative estimate of drug-likeness (QED) is 0.390. The molecule has 1 amide bonds. The van der Waals surface area contributed by atoms with E-state index in [1.807, 2.05) is 30.3 Å². The number of carbonyl (C=O) groups excluding carboxylic acids is 1. The lowest BCUT2D eigenvalue weighted by molar-refractivity contribution is -0.118. The van der Waals surface area contributed by atoms with Crippen molar-refractivity contribution in [2.75, 3.05) is 13.7 Å². The normalized spacial score (nSPS) is 17.5. The van der Waals surface area contributed by atoms with E-state index in [-0.39, 0.29) is 11.2 Å². The summed E-state index contributed by atoms with van der Waals surface area (Å²) in [4.78, 5) is 12.2. The van der Waals surface area contributed by atoms with Crippen molar-refractivity contribution in [2.45, 2.75) is 11.7 Å². The second-order valence-electron chi connectivity index (χ2n) is 6.05. The van der Waals surface area contributed by atoms with E-state index in [1.54, 1.807) is 31.5 Å². The number of nitrogens with zero attached hydrogens (tertiary/aromatic N) is 2. The first kappa shape index (κ1) is 21.0. The van der Waals surface area contributed by atoms with Crippen molar-refractivity contribution in [3.8, 4) is 11.5 Å². The molecule has 1 saturated heterocycles. The van der Waals surface area contributed by atoms with E-state index in [0.29, 0.717) is 34.7 Å². The maximum absolute atomic E-state index is 12.2. The van der Waals surface area contributed by atoms with Crippen LogP contribution >= 0.6 is 23.4 Å². The Morgan fingerprint density at radius 1 is 1.28 bits per heavy atom. The molecule has 0 radical (unpaired) electrons. The van der Waals surface area contributed by atoms with Crippen LogP contribution in [0, 0.1) is 0 Å². The molecule has 0 spiro atoms. The molecule has 2 aromatic rings. The van der Waals surface area contributed by atoms with Crippen molar-refractivity contribution < 1.29 is 14.3 Å². The zero-order valence-electron chi connectivity index (χ0n) is 15.8. The monoisotopic (exact) mass is 429 g/mol. The van der Waals surface area contributed by atoms with Crippen molar-refractivity contribution in [3.63, 3.8) is 0 Å². The third kappa shape index (κ3) is 5.62. The van der Waals surface area contributed by atoms with E-state index in [2.05, 4.69) is 22.1 Å². The van der Waals surface area contributed by atoms with Crippen LogP contribution < -0.4 is 14.8 Å². The number of ether oxygens (including phenoxy) is 2. The van der Waals surface area contributed by atoms with Gasteiger partial charge in [-0.05, 0) is 41.8 Å². The van der Waals surface area contributed by atoms with Gasteiger partial charge in [0.2, 0.25) is 5.91 Å². The summed E-state index contributed by atoms with van der Waals surface area (Å²) in [6.07, 6.45) is 3.78. The number of rotatable bonds is 8. The molecule has 1 N–H and O–H groups in total. The van der Waals surface area contributed by atoms with Gasteiger partial charge in [0, 0.05) is 5.02 Å². The van der Waals surface area contributed by atoms with Crippen molar-refractivity contribution in [1.82, 2.24) is 5.32 Å².